The van der Waals surface area contributed by atoms with Crippen LogP contribution in [0.15, 0.2) is 52.8 Å². The Labute approximate surface area is 126 Å². The van der Waals surface area contributed by atoms with Crippen LogP contribution >= 0.6 is 0 Å². The summed E-state index contributed by atoms with van der Waals surface area (Å²) in [5.74, 6) is -2.09. The van der Waals surface area contributed by atoms with Gasteiger partial charge in [-0.15, -0.1) is 0 Å². The lowest BCUT2D eigenvalue weighted by molar-refractivity contribution is -0.135. The molecule has 6 nitrogen and oxygen atoms in total. The number of allylic oxidation sites excluding steroid dienone is 1. The van der Waals surface area contributed by atoms with Crippen molar-refractivity contribution in [3.8, 4) is 5.75 Å². The van der Waals surface area contributed by atoms with Gasteiger partial charge in [-0.3, -0.25) is 4.79 Å². The van der Waals surface area contributed by atoms with E-state index in [1.54, 1.807) is 19.2 Å². The third-order valence-corrected chi connectivity index (χ3v) is 3.02. The molecule has 0 amide bonds. The molecule has 0 bridgehead atoms. The fraction of sp³-hybridized carbons (Fsp3) is 0.125. The SMILES string of the molecule is COc1ccc(Cc2occc2C(=O)/C=C(\O)C(=O)O)cc1. The van der Waals surface area contributed by atoms with E-state index >= 15 is 0 Å². The van der Waals surface area contributed by atoms with E-state index in [1.165, 1.54) is 12.3 Å². The zero-order valence-corrected chi connectivity index (χ0v) is 11.8. The zero-order valence-electron chi connectivity index (χ0n) is 11.8. The van der Waals surface area contributed by atoms with Crippen molar-refractivity contribution >= 4 is 11.8 Å². The number of hydrogen-bond acceptors (Lipinski definition) is 5. The summed E-state index contributed by atoms with van der Waals surface area (Å²) in [4.78, 5) is 22.5. The van der Waals surface area contributed by atoms with Crippen LogP contribution in [0.2, 0.25) is 0 Å². The van der Waals surface area contributed by atoms with Crippen LogP contribution in [0.4, 0.5) is 0 Å². The van der Waals surface area contributed by atoms with Crippen LogP contribution < -0.4 is 4.74 Å². The highest BCUT2D eigenvalue weighted by Gasteiger charge is 2.16. The monoisotopic (exact) mass is 302 g/mol. The summed E-state index contributed by atoms with van der Waals surface area (Å²) >= 11 is 0. The molecule has 0 saturated heterocycles. The Morgan fingerprint density at radius 1 is 1.18 bits per heavy atom. The van der Waals surface area contributed by atoms with Gasteiger partial charge < -0.3 is 19.4 Å². The van der Waals surface area contributed by atoms with Crippen LogP contribution in [0.25, 0.3) is 0 Å². The van der Waals surface area contributed by atoms with E-state index in [2.05, 4.69) is 0 Å². The number of ether oxygens (including phenoxy) is 1. The third kappa shape index (κ3) is 3.54. The molecule has 1 heterocycles. The lowest BCUT2D eigenvalue weighted by Gasteiger charge is -2.03. The maximum absolute atomic E-state index is 12.0. The molecule has 2 N–H and O–H groups in total. The fourth-order valence-corrected chi connectivity index (χ4v) is 1.89. The number of hydrogen-bond donors (Lipinski definition) is 2. The van der Waals surface area contributed by atoms with Crippen LogP contribution in [-0.2, 0) is 11.2 Å². The van der Waals surface area contributed by atoms with Gasteiger partial charge in [0.15, 0.2) is 5.78 Å². The number of furan rings is 1. The summed E-state index contributed by atoms with van der Waals surface area (Å²) in [6.45, 7) is 0. The highest BCUT2D eigenvalue weighted by Crippen LogP contribution is 2.19. The number of aliphatic hydroxyl groups excluding tert-OH is 1. The molecule has 0 fully saturated rings. The smallest absolute Gasteiger partial charge is 0.371 e. The predicted octanol–water partition coefficient (Wildman–Crippen LogP) is 2.59. The molecule has 0 spiro atoms. The molecule has 0 aliphatic rings. The van der Waals surface area contributed by atoms with Gasteiger partial charge in [0, 0.05) is 12.5 Å². The minimum atomic E-state index is -1.56. The van der Waals surface area contributed by atoms with Crippen LogP contribution in [0.1, 0.15) is 21.7 Å². The van der Waals surface area contributed by atoms with Crippen LogP contribution in [0.5, 0.6) is 5.75 Å². The number of methoxy groups -OCH3 is 1. The third-order valence-electron chi connectivity index (χ3n) is 3.02. The molecule has 0 atom stereocenters. The Bertz CT molecular complexity index is 708. The van der Waals surface area contributed by atoms with Crippen molar-refractivity contribution in [2.75, 3.05) is 7.11 Å². The van der Waals surface area contributed by atoms with Crippen molar-refractivity contribution in [1.29, 1.82) is 0 Å². The number of aliphatic carboxylic acids is 1. The number of aliphatic hydroxyl groups is 1. The largest absolute Gasteiger partial charge is 0.502 e. The molecule has 2 aromatic rings. The Morgan fingerprint density at radius 2 is 1.86 bits per heavy atom. The summed E-state index contributed by atoms with van der Waals surface area (Å²) in [5.41, 5.74) is 1.11. The molecule has 0 saturated carbocycles. The minimum Gasteiger partial charge on any atom is -0.502 e. The van der Waals surface area contributed by atoms with E-state index in [9.17, 15) is 9.59 Å². The lowest BCUT2D eigenvalue weighted by Crippen LogP contribution is -2.05. The van der Waals surface area contributed by atoms with E-state index in [1.807, 2.05) is 12.1 Å². The molecule has 0 aliphatic heterocycles. The van der Waals surface area contributed by atoms with Crippen LogP contribution in [0, 0.1) is 0 Å². The lowest BCUT2D eigenvalue weighted by atomic mass is 10.0. The minimum absolute atomic E-state index is 0.212. The highest BCUT2D eigenvalue weighted by atomic mass is 16.5. The topological polar surface area (TPSA) is 97.0 Å². The zero-order chi connectivity index (χ0) is 16.1. The quantitative estimate of drug-likeness (QED) is 0.483. The van der Waals surface area contributed by atoms with Gasteiger partial charge in [-0.1, -0.05) is 12.1 Å². The maximum atomic E-state index is 12.0. The van der Waals surface area contributed by atoms with Gasteiger partial charge in [0.1, 0.15) is 11.5 Å². The highest BCUT2D eigenvalue weighted by molar-refractivity contribution is 6.08. The molecule has 1 aromatic carbocycles. The average Bonchev–Trinajstić information content (AvgIpc) is 2.96. The fourth-order valence-electron chi connectivity index (χ4n) is 1.89. The van der Waals surface area contributed by atoms with Crippen LogP contribution in [-0.4, -0.2) is 29.1 Å². The van der Waals surface area contributed by atoms with Gasteiger partial charge in [0.2, 0.25) is 5.76 Å². The van der Waals surface area contributed by atoms with Gasteiger partial charge >= 0.3 is 5.97 Å². The molecule has 2 rings (SSSR count). The van der Waals surface area contributed by atoms with E-state index in [4.69, 9.17) is 19.4 Å². The molecule has 0 unspecified atom stereocenters. The van der Waals surface area contributed by atoms with E-state index in [0.29, 0.717) is 24.0 Å². The van der Waals surface area contributed by atoms with Crippen molar-refractivity contribution < 1.29 is 29.0 Å². The Kier molecular flexibility index (Phi) is 4.63. The molecule has 0 radical (unpaired) electrons. The van der Waals surface area contributed by atoms with E-state index in [-0.39, 0.29) is 5.56 Å². The Balaban J connectivity index is 2.20. The van der Waals surface area contributed by atoms with Gasteiger partial charge in [-0.25, -0.2) is 4.79 Å². The van der Waals surface area contributed by atoms with Crippen molar-refractivity contribution in [1.82, 2.24) is 0 Å². The summed E-state index contributed by atoms with van der Waals surface area (Å²) in [5, 5.41) is 17.7. The first-order valence-electron chi connectivity index (χ1n) is 6.39. The average molecular weight is 302 g/mol. The van der Waals surface area contributed by atoms with Gasteiger partial charge in [0.25, 0.3) is 0 Å². The van der Waals surface area contributed by atoms with Crippen molar-refractivity contribution in [3.63, 3.8) is 0 Å². The van der Waals surface area contributed by atoms with Crippen molar-refractivity contribution in [2.45, 2.75) is 6.42 Å². The number of rotatable bonds is 6. The summed E-state index contributed by atoms with van der Waals surface area (Å²) < 4.78 is 10.3. The summed E-state index contributed by atoms with van der Waals surface area (Å²) in [6, 6.07) is 8.68. The standard InChI is InChI=1S/C16H14O6/c1-21-11-4-2-10(3-5-11)8-15-12(6-7-22-15)13(17)9-14(18)16(19)20/h2-7,9,18H,8H2,1H3,(H,19,20)/b14-9-. The molecule has 22 heavy (non-hydrogen) atoms. The summed E-state index contributed by atoms with van der Waals surface area (Å²) in [7, 11) is 1.57. The second-order valence-electron chi connectivity index (χ2n) is 4.48. The van der Waals surface area contributed by atoms with Crippen LogP contribution in [0.3, 0.4) is 0 Å². The van der Waals surface area contributed by atoms with Crippen molar-refractivity contribution in [2.24, 2.45) is 0 Å². The number of benzene rings is 1. The normalized spacial score (nSPS) is 11.2. The second kappa shape index (κ2) is 6.62. The number of carbonyl (C=O) groups is 2. The molecular weight excluding hydrogens is 288 g/mol. The molecule has 1 aromatic heterocycles. The van der Waals surface area contributed by atoms with E-state index in [0.717, 1.165) is 5.56 Å². The van der Waals surface area contributed by atoms with Crippen molar-refractivity contribution in [3.05, 3.63) is 65.3 Å². The van der Waals surface area contributed by atoms with Gasteiger partial charge in [-0.2, -0.15) is 0 Å². The molecular formula is C16H14O6. The number of carboxylic acids is 1. The Morgan fingerprint density at radius 3 is 2.45 bits per heavy atom. The number of carbonyl (C=O) groups excluding carboxylic acids is 1. The van der Waals surface area contributed by atoms with Gasteiger partial charge in [0.05, 0.1) is 18.9 Å². The molecule has 114 valence electrons. The Hall–Kier alpha value is -3.02. The first kappa shape index (κ1) is 15.4. The second-order valence-corrected chi connectivity index (χ2v) is 4.48. The number of ketones is 1. The molecule has 6 heteroatoms. The maximum Gasteiger partial charge on any atom is 0.371 e. The van der Waals surface area contributed by atoms with Gasteiger partial charge in [-0.05, 0) is 23.8 Å². The first-order chi connectivity index (χ1) is 10.5. The first-order valence-corrected chi connectivity index (χ1v) is 6.39. The number of carboxylic acid groups (broad SMARTS) is 1. The predicted molar refractivity (Wildman–Crippen MR) is 77.2 cm³/mol. The van der Waals surface area contributed by atoms with E-state index < -0.39 is 17.5 Å². The summed E-state index contributed by atoms with van der Waals surface area (Å²) in [6.07, 6.45) is 2.36. The molecule has 0 aliphatic carbocycles.